The van der Waals surface area contributed by atoms with E-state index in [0.717, 1.165) is 63.7 Å². The van der Waals surface area contributed by atoms with Crippen molar-refractivity contribution in [2.24, 2.45) is 5.92 Å². The second-order valence-corrected chi connectivity index (χ2v) is 20.8. The van der Waals surface area contributed by atoms with Gasteiger partial charge in [-0.1, -0.05) is 297 Å². The summed E-state index contributed by atoms with van der Waals surface area (Å²) in [5.41, 5.74) is 0. The first kappa shape index (κ1) is 63.4. The summed E-state index contributed by atoms with van der Waals surface area (Å²) in [6, 6.07) is 0. The summed E-state index contributed by atoms with van der Waals surface area (Å²) in [5.74, 6) is 0.00459. The molecule has 65 heavy (non-hydrogen) atoms. The lowest BCUT2D eigenvalue weighted by molar-refractivity contribution is -0.167. The minimum atomic E-state index is -0.761. The number of esters is 3. The molecule has 0 spiro atoms. The van der Waals surface area contributed by atoms with Crippen LogP contribution in [0.5, 0.6) is 0 Å². The molecule has 0 bridgehead atoms. The van der Waals surface area contributed by atoms with E-state index in [2.05, 4.69) is 27.7 Å². The van der Waals surface area contributed by atoms with E-state index in [1.165, 1.54) is 231 Å². The molecule has 6 nitrogen and oxygen atoms in total. The molecular formula is C59H114O6. The van der Waals surface area contributed by atoms with E-state index in [1.54, 1.807) is 0 Å². The molecular weight excluding hydrogens is 805 g/mol. The molecule has 0 saturated carbocycles. The van der Waals surface area contributed by atoms with Gasteiger partial charge in [-0.3, -0.25) is 14.4 Å². The summed E-state index contributed by atoms with van der Waals surface area (Å²) in [6.45, 7) is 9.06. The number of unbranched alkanes of at least 4 members (excludes halogenated alkanes) is 41. The topological polar surface area (TPSA) is 78.9 Å². The van der Waals surface area contributed by atoms with Crippen LogP contribution in [0.25, 0.3) is 0 Å². The van der Waals surface area contributed by atoms with Crippen molar-refractivity contribution in [1.29, 1.82) is 0 Å². The lowest BCUT2D eigenvalue weighted by Crippen LogP contribution is -2.30. The molecule has 0 aromatic rings. The number of ether oxygens (including phenoxy) is 3. The predicted octanol–water partition coefficient (Wildman–Crippen LogP) is 19.4. The first-order valence-electron chi connectivity index (χ1n) is 29.4. The summed E-state index contributed by atoms with van der Waals surface area (Å²) in [6.07, 6.45) is 58.1. The quantitative estimate of drug-likeness (QED) is 0.0344. The van der Waals surface area contributed by atoms with Gasteiger partial charge in [0, 0.05) is 19.3 Å². The molecule has 386 valence electrons. The van der Waals surface area contributed by atoms with Gasteiger partial charge in [0.2, 0.25) is 0 Å². The van der Waals surface area contributed by atoms with Crippen LogP contribution in [0.2, 0.25) is 0 Å². The predicted molar refractivity (Wildman–Crippen MR) is 280 cm³/mol. The fourth-order valence-electron chi connectivity index (χ4n) is 9.10. The molecule has 0 saturated heterocycles. The molecule has 6 heteroatoms. The highest BCUT2D eigenvalue weighted by Crippen LogP contribution is 2.18. The first-order valence-corrected chi connectivity index (χ1v) is 29.4. The van der Waals surface area contributed by atoms with Crippen LogP contribution in [0.4, 0.5) is 0 Å². The number of carbonyl (C=O) groups excluding carboxylic acids is 3. The average molecular weight is 920 g/mol. The van der Waals surface area contributed by atoms with E-state index in [1.807, 2.05) is 0 Å². The molecule has 0 rings (SSSR count). The Morgan fingerprint density at radius 2 is 0.508 bits per heavy atom. The molecule has 0 aromatic heterocycles. The molecule has 1 atom stereocenters. The number of hydrogen-bond donors (Lipinski definition) is 0. The third kappa shape index (κ3) is 53.2. The lowest BCUT2D eigenvalue weighted by atomic mass is 10.0. The van der Waals surface area contributed by atoms with Crippen molar-refractivity contribution in [3.63, 3.8) is 0 Å². The van der Waals surface area contributed by atoms with Gasteiger partial charge in [-0.25, -0.2) is 0 Å². The Kier molecular flexibility index (Phi) is 52.1. The summed E-state index contributed by atoms with van der Waals surface area (Å²) in [4.78, 5) is 38.1. The van der Waals surface area contributed by atoms with Gasteiger partial charge in [-0.15, -0.1) is 0 Å². The van der Waals surface area contributed by atoms with Gasteiger partial charge in [0.25, 0.3) is 0 Å². The molecule has 0 heterocycles. The van der Waals surface area contributed by atoms with Crippen molar-refractivity contribution in [1.82, 2.24) is 0 Å². The average Bonchev–Trinajstić information content (AvgIpc) is 3.29. The summed E-state index contributed by atoms with van der Waals surface area (Å²) >= 11 is 0. The van der Waals surface area contributed by atoms with E-state index in [4.69, 9.17) is 14.2 Å². The molecule has 0 aliphatic heterocycles. The highest BCUT2D eigenvalue weighted by Gasteiger charge is 2.19. The largest absolute Gasteiger partial charge is 0.462 e. The van der Waals surface area contributed by atoms with E-state index in [0.29, 0.717) is 19.3 Å². The normalized spacial score (nSPS) is 12.0. The van der Waals surface area contributed by atoms with Gasteiger partial charge in [0.1, 0.15) is 13.2 Å². The van der Waals surface area contributed by atoms with Crippen LogP contribution >= 0.6 is 0 Å². The minimum Gasteiger partial charge on any atom is -0.462 e. The van der Waals surface area contributed by atoms with Crippen molar-refractivity contribution >= 4 is 17.9 Å². The Hall–Kier alpha value is -1.59. The van der Waals surface area contributed by atoms with Gasteiger partial charge in [0.05, 0.1) is 0 Å². The van der Waals surface area contributed by atoms with Crippen molar-refractivity contribution in [3.05, 3.63) is 0 Å². The van der Waals surface area contributed by atoms with Crippen molar-refractivity contribution < 1.29 is 28.6 Å². The molecule has 0 radical (unpaired) electrons. The van der Waals surface area contributed by atoms with Gasteiger partial charge < -0.3 is 14.2 Å². The third-order valence-electron chi connectivity index (χ3n) is 13.5. The highest BCUT2D eigenvalue weighted by molar-refractivity contribution is 5.71. The second kappa shape index (κ2) is 53.4. The lowest BCUT2D eigenvalue weighted by Gasteiger charge is -2.18. The van der Waals surface area contributed by atoms with Crippen LogP contribution < -0.4 is 0 Å². The van der Waals surface area contributed by atoms with Crippen LogP contribution in [0, 0.1) is 5.92 Å². The molecule has 0 aliphatic rings. The fraction of sp³-hybridized carbons (Fsp3) is 0.949. The Morgan fingerprint density at radius 1 is 0.292 bits per heavy atom. The Labute approximate surface area is 406 Å². The summed E-state index contributed by atoms with van der Waals surface area (Å²) in [7, 11) is 0. The fourth-order valence-corrected chi connectivity index (χ4v) is 9.10. The van der Waals surface area contributed by atoms with Crippen LogP contribution in [0.1, 0.15) is 336 Å². The Balaban J connectivity index is 4.24. The molecule has 0 fully saturated rings. The standard InChI is InChI=1S/C59H114O6/c1-5-7-9-11-13-15-17-19-20-21-22-23-24-27-31-34-38-42-46-50-57(60)63-53-56(65-59(62)52-48-44-40-36-30-18-16-14-12-10-8-6-2)54-64-58(61)51-47-43-39-35-32-28-25-26-29-33-37-41-45-49-55(3)4/h55-56H,5-54H2,1-4H3/t56-/m1/s1. The van der Waals surface area contributed by atoms with Crippen molar-refractivity contribution in [2.45, 2.75) is 342 Å². The Morgan fingerprint density at radius 3 is 0.754 bits per heavy atom. The number of carbonyl (C=O) groups is 3. The minimum absolute atomic E-state index is 0.0618. The zero-order chi connectivity index (χ0) is 47.4. The van der Waals surface area contributed by atoms with Crippen molar-refractivity contribution in [2.75, 3.05) is 13.2 Å². The van der Waals surface area contributed by atoms with E-state index < -0.39 is 6.10 Å². The monoisotopic (exact) mass is 919 g/mol. The summed E-state index contributed by atoms with van der Waals surface area (Å²) in [5, 5.41) is 0. The zero-order valence-corrected chi connectivity index (χ0v) is 44.5. The molecule has 0 amide bonds. The van der Waals surface area contributed by atoms with Gasteiger partial charge >= 0.3 is 17.9 Å². The van der Waals surface area contributed by atoms with Gasteiger partial charge in [-0.05, 0) is 25.2 Å². The third-order valence-corrected chi connectivity index (χ3v) is 13.5. The second-order valence-electron chi connectivity index (χ2n) is 20.8. The van der Waals surface area contributed by atoms with Crippen LogP contribution in [-0.4, -0.2) is 37.2 Å². The first-order chi connectivity index (χ1) is 31.9. The van der Waals surface area contributed by atoms with Gasteiger partial charge in [-0.2, -0.15) is 0 Å². The van der Waals surface area contributed by atoms with Gasteiger partial charge in [0.15, 0.2) is 6.10 Å². The van der Waals surface area contributed by atoms with E-state index >= 15 is 0 Å². The van der Waals surface area contributed by atoms with Crippen LogP contribution in [-0.2, 0) is 28.6 Å². The highest BCUT2D eigenvalue weighted by atomic mass is 16.6. The van der Waals surface area contributed by atoms with E-state index in [9.17, 15) is 14.4 Å². The SMILES string of the molecule is CCCCCCCCCCCCCCCCCCCCCC(=O)OC[C@H](COC(=O)CCCCCCCCCCCCCCCC(C)C)OC(=O)CCCCCCCCCCCCCC. The molecule has 0 aliphatic carbocycles. The number of hydrogen-bond acceptors (Lipinski definition) is 6. The zero-order valence-electron chi connectivity index (χ0n) is 44.5. The van der Waals surface area contributed by atoms with Crippen molar-refractivity contribution in [3.8, 4) is 0 Å². The Bertz CT molecular complexity index is 980. The van der Waals surface area contributed by atoms with E-state index in [-0.39, 0.29) is 31.1 Å². The molecule has 0 aromatic carbocycles. The maximum atomic E-state index is 12.8. The molecule has 0 unspecified atom stereocenters. The summed E-state index contributed by atoms with van der Waals surface area (Å²) < 4.78 is 16.9. The maximum absolute atomic E-state index is 12.8. The molecule has 0 N–H and O–H groups in total. The van der Waals surface area contributed by atoms with Crippen LogP contribution in [0.3, 0.4) is 0 Å². The van der Waals surface area contributed by atoms with Crippen LogP contribution in [0.15, 0.2) is 0 Å². The maximum Gasteiger partial charge on any atom is 0.306 e. The smallest absolute Gasteiger partial charge is 0.306 e. The number of rotatable bonds is 54.